The summed E-state index contributed by atoms with van der Waals surface area (Å²) in [4.78, 5) is 24.2. The molecule has 0 spiro atoms. The largest absolute Gasteiger partial charge is 0.481 e. The molecule has 1 N–H and O–H groups in total. The first kappa shape index (κ1) is 14.9. The van der Waals surface area contributed by atoms with E-state index in [1.807, 2.05) is 13.8 Å². The topological polar surface area (TPSA) is 66.8 Å². The molecule has 5 heteroatoms. The van der Waals surface area contributed by atoms with Gasteiger partial charge in [0.1, 0.15) is 5.92 Å². The molecule has 0 aliphatic heterocycles. The van der Waals surface area contributed by atoms with Gasteiger partial charge in [0.25, 0.3) is 0 Å². The molecule has 94 valence electrons. The Balaban J connectivity index is 4.61. The molecule has 0 radical (unpaired) electrons. The third-order valence-corrected chi connectivity index (χ3v) is 2.68. The van der Waals surface area contributed by atoms with Gasteiger partial charge in [-0.1, -0.05) is 6.92 Å². The van der Waals surface area contributed by atoms with Crippen molar-refractivity contribution in [1.29, 1.82) is 0 Å². The Morgan fingerprint density at radius 1 is 1.38 bits per heavy atom. The predicted octanol–water partition coefficient (Wildman–Crippen LogP) is 0.981. The smallest absolute Gasteiger partial charge is 0.315 e. The minimum atomic E-state index is -1.09. The van der Waals surface area contributed by atoms with Crippen LogP contribution in [0.2, 0.25) is 0 Å². The van der Waals surface area contributed by atoms with E-state index in [1.54, 1.807) is 12.0 Å². The number of hydrogen-bond donors (Lipinski definition) is 1. The fourth-order valence-corrected chi connectivity index (χ4v) is 1.31. The van der Waals surface area contributed by atoms with E-state index in [1.165, 1.54) is 6.92 Å². The van der Waals surface area contributed by atoms with Crippen molar-refractivity contribution in [2.24, 2.45) is 5.92 Å². The highest BCUT2D eigenvalue weighted by Crippen LogP contribution is 2.09. The zero-order chi connectivity index (χ0) is 12.7. The molecule has 2 unspecified atom stereocenters. The van der Waals surface area contributed by atoms with Gasteiger partial charge in [0.2, 0.25) is 5.91 Å². The molecule has 0 aliphatic rings. The number of aliphatic carboxylic acids is 1. The average Bonchev–Trinajstić information content (AvgIpc) is 2.27. The Labute approximate surface area is 96.4 Å². The van der Waals surface area contributed by atoms with E-state index >= 15 is 0 Å². The van der Waals surface area contributed by atoms with E-state index in [4.69, 9.17) is 9.84 Å². The van der Waals surface area contributed by atoms with Crippen molar-refractivity contribution in [2.45, 2.75) is 33.2 Å². The van der Waals surface area contributed by atoms with Crippen LogP contribution in [0.25, 0.3) is 0 Å². The number of amides is 1. The maximum atomic E-state index is 11.9. The summed E-state index contributed by atoms with van der Waals surface area (Å²) in [6.45, 7) is 6.13. The Morgan fingerprint density at radius 3 is 2.31 bits per heavy atom. The van der Waals surface area contributed by atoms with Crippen LogP contribution >= 0.6 is 0 Å². The van der Waals surface area contributed by atoms with Gasteiger partial charge in [0.05, 0.1) is 6.61 Å². The summed E-state index contributed by atoms with van der Waals surface area (Å²) in [5.41, 5.74) is 0. The fourth-order valence-electron chi connectivity index (χ4n) is 1.31. The second-order valence-electron chi connectivity index (χ2n) is 3.84. The fraction of sp³-hybridized carbons (Fsp3) is 0.818. The lowest BCUT2D eigenvalue weighted by Gasteiger charge is -2.29. The molecule has 0 bridgehead atoms. The van der Waals surface area contributed by atoms with Gasteiger partial charge in [-0.3, -0.25) is 9.59 Å². The Kier molecular flexibility index (Phi) is 6.72. The van der Waals surface area contributed by atoms with Gasteiger partial charge in [-0.05, 0) is 20.3 Å². The molecular weight excluding hydrogens is 210 g/mol. The van der Waals surface area contributed by atoms with Crippen molar-refractivity contribution in [2.75, 3.05) is 20.3 Å². The molecule has 5 nitrogen and oxygen atoms in total. The Hall–Kier alpha value is -1.10. The summed E-state index contributed by atoms with van der Waals surface area (Å²) in [6, 6.07) is 0.0319. The van der Waals surface area contributed by atoms with Gasteiger partial charge < -0.3 is 14.7 Å². The number of nitrogens with zero attached hydrogens (tertiary/aromatic N) is 1. The Morgan fingerprint density at radius 2 is 1.94 bits per heavy atom. The highest BCUT2D eigenvalue weighted by molar-refractivity contribution is 5.96. The molecule has 16 heavy (non-hydrogen) atoms. The lowest BCUT2D eigenvalue weighted by molar-refractivity contribution is -0.151. The van der Waals surface area contributed by atoms with Crippen molar-refractivity contribution in [3.63, 3.8) is 0 Å². The first-order valence-electron chi connectivity index (χ1n) is 5.47. The van der Waals surface area contributed by atoms with Gasteiger partial charge in [-0.25, -0.2) is 0 Å². The van der Waals surface area contributed by atoms with E-state index in [2.05, 4.69) is 0 Å². The first-order chi connectivity index (χ1) is 7.45. The maximum absolute atomic E-state index is 11.9. The SMILES string of the molecule is CCC(C)N(CCOC)C(=O)C(C)C(=O)O. The number of hydrogen-bond acceptors (Lipinski definition) is 3. The molecule has 0 saturated heterocycles. The molecule has 0 aromatic rings. The number of methoxy groups -OCH3 is 1. The van der Waals surface area contributed by atoms with Crippen LogP contribution in [-0.2, 0) is 14.3 Å². The van der Waals surface area contributed by atoms with Crippen LogP contribution in [0, 0.1) is 5.92 Å². The average molecular weight is 231 g/mol. The van der Waals surface area contributed by atoms with E-state index in [-0.39, 0.29) is 11.9 Å². The van der Waals surface area contributed by atoms with Gasteiger partial charge in [0.15, 0.2) is 0 Å². The lowest BCUT2D eigenvalue weighted by Crippen LogP contribution is -2.45. The van der Waals surface area contributed by atoms with Crippen molar-refractivity contribution >= 4 is 11.9 Å². The van der Waals surface area contributed by atoms with Crippen molar-refractivity contribution < 1.29 is 19.4 Å². The van der Waals surface area contributed by atoms with Crippen LogP contribution in [0.4, 0.5) is 0 Å². The molecule has 0 saturated carbocycles. The van der Waals surface area contributed by atoms with Crippen LogP contribution in [-0.4, -0.2) is 48.2 Å². The summed E-state index contributed by atoms with van der Waals surface area (Å²) in [5.74, 6) is -2.43. The summed E-state index contributed by atoms with van der Waals surface area (Å²) in [7, 11) is 1.56. The number of carboxylic acid groups (broad SMARTS) is 1. The number of ether oxygens (including phenoxy) is 1. The zero-order valence-electron chi connectivity index (χ0n) is 10.4. The van der Waals surface area contributed by atoms with Crippen molar-refractivity contribution in [3.8, 4) is 0 Å². The molecule has 2 atom stereocenters. The summed E-state index contributed by atoms with van der Waals surface area (Å²) >= 11 is 0. The van der Waals surface area contributed by atoms with Crippen LogP contribution < -0.4 is 0 Å². The van der Waals surface area contributed by atoms with Gasteiger partial charge in [-0.2, -0.15) is 0 Å². The molecule has 0 rings (SSSR count). The first-order valence-corrected chi connectivity index (χ1v) is 5.47. The second-order valence-corrected chi connectivity index (χ2v) is 3.84. The molecule has 0 aliphatic carbocycles. The summed E-state index contributed by atoms with van der Waals surface area (Å²) in [5, 5.41) is 8.80. The highest BCUT2D eigenvalue weighted by Gasteiger charge is 2.28. The van der Waals surface area contributed by atoms with E-state index < -0.39 is 11.9 Å². The molecule has 0 aromatic heterocycles. The third kappa shape index (κ3) is 4.18. The Bertz CT molecular complexity index is 242. The van der Waals surface area contributed by atoms with E-state index in [0.717, 1.165) is 6.42 Å². The number of carbonyl (C=O) groups excluding carboxylic acids is 1. The van der Waals surface area contributed by atoms with Crippen LogP contribution in [0.15, 0.2) is 0 Å². The normalized spacial score (nSPS) is 14.2. The zero-order valence-corrected chi connectivity index (χ0v) is 10.4. The summed E-state index contributed by atoms with van der Waals surface area (Å²) in [6.07, 6.45) is 0.793. The van der Waals surface area contributed by atoms with Crippen LogP contribution in [0.5, 0.6) is 0 Å². The third-order valence-electron chi connectivity index (χ3n) is 2.68. The minimum absolute atomic E-state index is 0.0319. The summed E-state index contributed by atoms with van der Waals surface area (Å²) < 4.78 is 4.92. The molecule has 0 aromatic carbocycles. The number of carbonyl (C=O) groups is 2. The molecular formula is C11H21NO4. The quantitative estimate of drug-likeness (QED) is 0.663. The predicted molar refractivity (Wildman–Crippen MR) is 60.1 cm³/mol. The number of carboxylic acids is 1. The molecule has 1 amide bonds. The van der Waals surface area contributed by atoms with Crippen molar-refractivity contribution in [3.05, 3.63) is 0 Å². The van der Waals surface area contributed by atoms with E-state index in [0.29, 0.717) is 13.2 Å². The van der Waals surface area contributed by atoms with Crippen molar-refractivity contribution in [1.82, 2.24) is 4.90 Å². The minimum Gasteiger partial charge on any atom is -0.481 e. The highest BCUT2D eigenvalue weighted by atomic mass is 16.5. The maximum Gasteiger partial charge on any atom is 0.315 e. The van der Waals surface area contributed by atoms with Gasteiger partial charge >= 0.3 is 5.97 Å². The standard InChI is InChI=1S/C11H21NO4/c1-5-8(2)12(6-7-16-4)10(13)9(3)11(14)15/h8-9H,5-7H2,1-4H3,(H,14,15). The van der Waals surface area contributed by atoms with Crippen LogP contribution in [0.1, 0.15) is 27.2 Å². The molecule has 0 heterocycles. The van der Waals surface area contributed by atoms with E-state index in [9.17, 15) is 9.59 Å². The van der Waals surface area contributed by atoms with Gasteiger partial charge in [-0.15, -0.1) is 0 Å². The van der Waals surface area contributed by atoms with Crippen LogP contribution in [0.3, 0.4) is 0 Å². The monoisotopic (exact) mass is 231 g/mol. The lowest BCUT2D eigenvalue weighted by atomic mass is 10.1. The second kappa shape index (κ2) is 7.22. The van der Waals surface area contributed by atoms with Gasteiger partial charge in [0, 0.05) is 19.7 Å². The molecule has 0 fully saturated rings. The number of rotatable bonds is 7.